The number of carbonyl (C=O) groups excluding carboxylic acids is 1. The minimum absolute atomic E-state index is 0.143. The maximum absolute atomic E-state index is 13.2. The molecule has 0 saturated carbocycles. The zero-order chi connectivity index (χ0) is 16.9. The van der Waals surface area contributed by atoms with Gasteiger partial charge in [0.2, 0.25) is 0 Å². The molecule has 1 aliphatic heterocycles. The normalized spacial score (nSPS) is 22.8. The van der Waals surface area contributed by atoms with Gasteiger partial charge in [-0.25, -0.2) is 0 Å². The van der Waals surface area contributed by atoms with Crippen LogP contribution in [0.25, 0.3) is 0 Å². The zero-order valence-electron chi connectivity index (χ0n) is 15.4. The average Bonchev–Trinajstić information content (AvgIpc) is 2.56. The third-order valence-corrected chi connectivity index (χ3v) is 5.66. The molecule has 2 unspecified atom stereocenters. The van der Waals surface area contributed by atoms with Crippen LogP contribution in [0.3, 0.4) is 0 Å². The number of rotatable bonds is 7. The van der Waals surface area contributed by atoms with E-state index in [2.05, 4.69) is 52.4 Å². The Morgan fingerprint density at radius 1 is 1.22 bits per heavy atom. The highest BCUT2D eigenvalue weighted by Crippen LogP contribution is 2.30. The van der Waals surface area contributed by atoms with E-state index in [1.165, 1.54) is 29.5 Å². The van der Waals surface area contributed by atoms with Gasteiger partial charge in [0.15, 0.2) is 5.78 Å². The van der Waals surface area contributed by atoms with E-state index in [-0.39, 0.29) is 6.04 Å². The van der Waals surface area contributed by atoms with Gasteiger partial charge in [0.05, 0.1) is 13.1 Å². The lowest BCUT2D eigenvalue weighted by molar-refractivity contribution is -0.918. The number of likely N-dealkylation sites (tertiary alicyclic amines) is 1. The van der Waals surface area contributed by atoms with Crippen LogP contribution in [0.15, 0.2) is 18.2 Å². The van der Waals surface area contributed by atoms with E-state index in [4.69, 9.17) is 0 Å². The Balaban J connectivity index is 2.24. The van der Waals surface area contributed by atoms with E-state index in [9.17, 15) is 4.79 Å². The Bertz CT molecular complexity index is 508. The van der Waals surface area contributed by atoms with Crippen molar-refractivity contribution in [2.45, 2.75) is 72.3 Å². The fraction of sp³-hybridized carbons (Fsp3) is 0.619. The van der Waals surface area contributed by atoms with E-state index in [1.54, 1.807) is 0 Å². The standard InChI is InChI=1S/C21H33NO/c1-5-11-20(22(6-2)14-8-7-9-15-22)21(23)16-19-17(3)12-10-13-18(19)4/h10,12-14,20H,5-9,11,15-16H2,1-4H3. The van der Waals surface area contributed by atoms with Gasteiger partial charge in [-0.05, 0) is 43.9 Å². The Morgan fingerprint density at radius 2 is 1.91 bits per heavy atom. The Morgan fingerprint density at radius 3 is 2.43 bits per heavy atom. The number of Topliss-reactive ketones (excluding diaryl/α,β-unsaturated/α-hetero) is 1. The first-order valence-corrected chi connectivity index (χ1v) is 9.32. The van der Waals surface area contributed by atoms with Crippen molar-refractivity contribution < 1.29 is 9.28 Å². The molecule has 0 aliphatic carbocycles. The second-order valence-electron chi connectivity index (χ2n) is 7.14. The van der Waals surface area contributed by atoms with Gasteiger partial charge in [-0.2, -0.15) is 0 Å². The Kier molecular flexibility index (Phi) is 6.41. The highest BCUT2D eigenvalue weighted by Gasteiger charge is 2.35. The van der Waals surface area contributed by atoms with Crippen LogP contribution in [-0.2, 0) is 11.2 Å². The molecule has 1 saturated heterocycles. The van der Waals surface area contributed by atoms with Crippen LogP contribution in [0.4, 0.5) is 0 Å². The van der Waals surface area contributed by atoms with E-state index in [1.807, 2.05) is 0 Å². The monoisotopic (exact) mass is 315 g/mol. The third-order valence-electron chi connectivity index (χ3n) is 5.66. The predicted molar refractivity (Wildman–Crippen MR) is 97.1 cm³/mol. The topological polar surface area (TPSA) is 17.1 Å². The number of hydrogen-bond acceptors (Lipinski definition) is 1. The summed E-state index contributed by atoms with van der Waals surface area (Å²) in [6.07, 6.45) is 6.37. The fourth-order valence-electron chi connectivity index (χ4n) is 4.18. The summed E-state index contributed by atoms with van der Waals surface area (Å²) in [4.78, 5) is 13.2. The van der Waals surface area contributed by atoms with Crippen LogP contribution >= 0.6 is 0 Å². The summed E-state index contributed by atoms with van der Waals surface area (Å²) < 4.78 is 0.914. The van der Waals surface area contributed by atoms with Crippen LogP contribution in [-0.4, -0.2) is 29.4 Å². The lowest BCUT2D eigenvalue weighted by Crippen LogP contribution is -2.58. The first-order valence-electron chi connectivity index (χ1n) is 9.32. The Hall–Kier alpha value is -1.15. The summed E-state index contributed by atoms with van der Waals surface area (Å²) in [7, 11) is 0. The molecule has 0 aromatic heterocycles. The minimum Gasteiger partial charge on any atom is -0.446 e. The highest BCUT2D eigenvalue weighted by molar-refractivity contribution is 5.85. The van der Waals surface area contributed by atoms with Gasteiger partial charge < -0.3 is 4.48 Å². The first kappa shape index (κ1) is 18.2. The van der Waals surface area contributed by atoms with Gasteiger partial charge >= 0.3 is 0 Å². The second kappa shape index (κ2) is 8.10. The van der Waals surface area contributed by atoms with Crippen LogP contribution in [0.2, 0.25) is 0 Å². The lowest BCUT2D eigenvalue weighted by Gasteiger charge is -2.54. The summed E-state index contributed by atoms with van der Waals surface area (Å²) >= 11 is 0. The quantitative estimate of drug-likeness (QED) is 0.523. The molecule has 2 nitrogen and oxygen atoms in total. The molecule has 2 atom stereocenters. The maximum atomic E-state index is 13.2. The molecule has 0 bridgehead atoms. The second-order valence-corrected chi connectivity index (χ2v) is 7.14. The summed E-state index contributed by atoms with van der Waals surface area (Å²) in [5, 5.41) is 0. The van der Waals surface area contributed by atoms with Gasteiger partial charge in [0.25, 0.3) is 0 Å². The summed E-state index contributed by atoms with van der Waals surface area (Å²) in [5.74, 6) is 0.434. The van der Waals surface area contributed by atoms with Gasteiger partial charge in [-0.1, -0.05) is 38.0 Å². The van der Waals surface area contributed by atoms with Crippen molar-refractivity contribution in [3.8, 4) is 0 Å². The van der Waals surface area contributed by atoms with Gasteiger partial charge in [0, 0.05) is 12.8 Å². The number of piperidine rings is 1. The van der Waals surface area contributed by atoms with Gasteiger partial charge in [-0.3, -0.25) is 4.79 Å². The molecule has 23 heavy (non-hydrogen) atoms. The molecule has 128 valence electrons. The number of aryl methyl sites for hydroxylation is 2. The molecular weight excluding hydrogens is 282 g/mol. The van der Waals surface area contributed by atoms with Crippen molar-refractivity contribution in [2.24, 2.45) is 0 Å². The van der Waals surface area contributed by atoms with Gasteiger partial charge in [0.1, 0.15) is 6.04 Å². The minimum atomic E-state index is 0.143. The molecule has 0 radical (unpaired) electrons. The summed E-state index contributed by atoms with van der Waals surface area (Å²) in [5.41, 5.74) is 3.74. The van der Waals surface area contributed by atoms with Crippen molar-refractivity contribution in [1.29, 1.82) is 0 Å². The summed E-state index contributed by atoms with van der Waals surface area (Å²) in [6, 6.07) is 6.48. The number of ketones is 1. The van der Waals surface area contributed by atoms with E-state index in [0.29, 0.717) is 12.2 Å². The van der Waals surface area contributed by atoms with E-state index < -0.39 is 0 Å². The Labute approximate surface area is 142 Å². The number of likely N-dealkylation sites (N-methyl/N-ethyl adjacent to an activating group) is 1. The molecule has 1 aliphatic rings. The number of carbonyl (C=O) groups is 1. The van der Waals surface area contributed by atoms with Gasteiger partial charge in [-0.15, -0.1) is 13.0 Å². The number of quaternary nitrogens is 1. The smallest absolute Gasteiger partial charge is 0.192 e. The molecule has 0 spiro atoms. The van der Waals surface area contributed by atoms with Crippen LogP contribution in [0.5, 0.6) is 0 Å². The maximum Gasteiger partial charge on any atom is 0.192 e. The van der Waals surface area contributed by atoms with Crippen LogP contribution < -0.4 is 0 Å². The van der Waals surface area contributed by atoms with Crippen molar-refractivity contribution in [2.75, 3.05) is 13.1 Å². The SMILES string of the molecule is CCCC(C(=O)Cc1c(C)cccc1C)[N+]1(CC)[CH-]CCCC1. The van der Waals surface area contributed by atoms with Crippen molar-refractivity contribution in [3.63, 3.8) is 0 Å². The first-order chi connectivity index (χ1) is 11.0. The van der Waals surface area contributed by atoms with E-state index in [0.717, 1.165) is 36.8 Å². The van der Waals surface area contributed by atoms with E-state index >= 15 is 0 Å². The fourth-order valence-corrected chi connectivity index (χ4v) is 4.18. The predicted octanol–water partition coefficient (Wildman–Crippen LogP) is 4.77. The molecule has 1 heterocycles. The van der Waals surface area contributed by atoms with Crippen molar-refractivity contribution in [3.05, 3.63) is 41.4 Å². The number of benzene rings is 1. The van der Waals surface area contributed by atoms with Crippen LogP contribution in [0.1, 0.15) is 62.6 Å². The largest absolute Gasteiger partial charge is 0.446 e. The number of nitrogens with zero attached hydrogens (tertiary/aromatic N) is 1. The molecule has 0 N–H and O–H groups in total. The highest BCUT2D eigenvalue weighted by atomic mass is 16.1. The molecule has 1 aromatic rings. The molecule has 2 rings (SSSR count). The molecule has 1 aromatic carbocycles. The lowest BCUT2D eigenvalue weighted by atomic mass is 9.91. The van der Waals surface area contributed by atoms with Crippen molar-refractivity contribution in [1.82, 2.24) is 0 Å². The number of hydrogen-bond donors (Lipinski definition) is 0. The molecule has 1 fully saturated rings. The molecule has 0 amide bonds. The molecule has 2 heteroatoms. The summed E-state index contributed by atoms with van der Waals surface area (Å²) in [6.45, 7) is 13.3. The molecular formula is C21H33NO. The zero-order valence-corrected chi connectivity index (χ0v) is 15.4. The third kappa shape index (κ3) is 4.03. The van der Waals surface area contributed by atoms with Crippen molar-refractivity contribution >= 4 is 5.78 Å². The average molecular weight is 316 g/mol. The van der Waals surface area contributed by atoms with Crippen LogP contribution in [0, 0.1) is 20.4 Å².